The summed E-state index contributed by atoms with van der Waals surface area (Å²) in [5, 5.41) is 0. The Hall–Kier alpha value is -1.71. The molecule has 1 aromatic carbocycles. The molecule has 0 aliphatic carbocycles. The second-order valence-corrected chi connectivity index (χ2v) is 8.27. The predicted molar refractivity (Wildman–Crippen MR) is 107 cm³/mol. The number of hydrogen-bond acceptors (Lipinski definition) is 3. The van der Waals surface area contributed by atoms with Crippen LogP contribution in [0.5, 0.6) is 0 Å². The van der Waals surface area contributed by atoms with Crippen LogP contribution < -0.4 is 0 Å². The Balaban J connectivity index is 1.43. The second-order valence-electron chi connectivity index (χ2n) is 8.27. The van der Waals surface area contributed by atoms with Gasteiger partial charge in [-0.1, -0.05) is 37.3 Å². The van der Waals surface area contributed by atoms with E-state index >= 15 is 0 Å². The maximum atomic E-state index is 4.14. The molecule has 0 amide bonds. The fourth-order valence-corrected chi connectivity index (χ4v) is 4.99. The third-order valence-electron chi connectivity index (χ3n) is 6.51. The molecular formula is C23H31N3. The molecule has 2 fully saturated rings. The zero-order valence-corrected chi connectivity index (χ0v) is 16.0. The third-order valence-corrected chi connectivity index (χ3v) is 6.51. The summed E-state index contributed by atoms with van der Waals surface area (Å²) in [5.41, 5.74) is 3.42. The van der Waals surface area contributed by atoms with E-state index in [4.69, 9.17) is 0 Å². The minimum Gasteiger partial charge on any atom is -0.302 e. The first-order valence-corrected chi connectivity index (χ1v) is 10.1. The Labute approximate surface area is 158 Å². The second kappa shape index (κ2) is 7.89. The molecule has 2 aliphatic rings. The lowest BCUT2D eigenvalue weighted by molar-refractivity contribution is 0.0138. The Morgan fingerprint density at radius 3 is 2.42 bits per heavy atom. The third kappa shape index (κ3) is 3.99. The van der Waals surface area contributed by atoms with E-state index in [1.807, 2.05) is 12.4 Å². The Bertz CT molecular complexity index is 677. The van der Waals surface area contributed by atoms with E-state index in [9.17, 15) is 0 Å². The van der Waals surface area contributed by atoms with Gasteiger partial charge >= 0.3 is 0 Å². The maximum absolute atomic E-state index is 4.14. The molecule has 3 nitrogen and oxygen atoms in total. The lowest BCUT2D eigenvalue weighted by Gasteiger charge is -2.50. The van der Waals surface area contributed by atoms with Crippen LogP contribution in [-0.4, -0.2) is 47.5 Å². The van der Waals surface area contributed by atoms with Crippen molar-refractivity contribution in [2.75, 3.05) is 32.7 Å². The highest BCUT2D eigenvalue weighted by Gasteiger charge is 2.41. The minimum absolute atomic E-state index is 0.503. The van der Waals surface area contributed by atoms with Crippen LogP contribution in [0.15, 0.2) is 54.9 Å². The number of piperidine rings is 2. The van der Waals surface area contributed by atoms with Crippen molar-refractivity contribution in [2.24, 2.45) is 5.41 Å². The molecule has 3 heterocycles. The topological polar surface area (TPSA) is 19.4 Å². The van der Waals surface area contributed by atoms with Gasteiger partial charge in [0.25, 0.3) is 0 Å². The van der Waals surface area contributed by atoms with Crippen LogP contribution in [0.4, 0.5) is 0 Å². The van der Waals surface area contributed by atoms with Gasteiger partial charge in [-0.15, -0.1) is 0 Å². The standard InChI is InChI=1S/C23H31N3/c1-2-25-18-22(21-6-4-3-5-7-21)16-23(19-25)10-14-26(15-11-23)17-20-8-12-24-13-9-20/h3-9,12-13,22H,2,10-11,14-19H2,1H3. The van der Waals surface area contributed by atoms with Gasteiger partial charge in [-0.2, -0.15) is 0 Å². The molecule has 0 saturated carbocycles. The summed E-state index contributed by atoms with van der Waals surface area (Å²) in [6.45, 7) is 9.52. The van der Waals surface area contributed by atoms with E-state index in [0.717, 1.165) is 6.54 Å². The van der Waals surface area contributed by atoms with Crippen molar-refractivity contribution in [1.29, 1.82) is 0 Å². The lowest BCUT2D eigenvalue weighted by Crippen LogP contribution is -2.51. The number of aromatic nitrogens is 1. The van der Waals surface area contributed by atoms with Crippen LogP contribution in [0.2, 0.25) is 0 Å². The van der Waals surface area contributed by atoms with Crippen molar-refractivity contribution in [3.8, 4) is 0 Å². The molecule has 2 aliphatic heterocycles. The summed E-state index contributed by atoms with van der Waals surface area (Å²) < 4.78 is 0. The maximum Gasteiger partial charge on any atom is 0.0271 e. The fourth-order valence-electron chi connectivity index (χ4n) is 4.99. The van der Waals surface area contributed by atoms with Crippen molar-refractivity contribution in [2.45, 2.75) is 38.6 Å². The van der Waals surface area contributed by atoms with Crippen molar-refractivity contribution < 1.29 is 0 Å². The van der Waals surface area contributed by atoms with Crippen molar-refractivity contribution in [1.82, 2.24) is 14.8 Å². The van der Waals surface area contributed by atoms with Crippen molar-refractivity contribution in [3.63, 3.8) is 0 Å². The van der Waals surface area contributed by atoms with Gasteiger partial charge in [-0.3, -0.25) is 9.88 Å². The van der Waals surface area contributed by atoms with Crippen molar-refractivity contribution in [3.05, 3.63) is 66.0 Å². The first-order valence-electron chi connectivity index (χ1n) is 10.1. The predicted octanol–water partition coefficient (Wildman–Crippen LogP) is 4.17. The average Bonchev–Trinajstić information content (AvgIpc) is 2.71. The van der Waals surface area contributed by atoms with Crippen LogP contribution in [0.1, 0.15) is 43.2 Å². The largest absolute Gasteiger partial charge is 0.302 e. The van der Waals surface area contributed by atoms with E-state index in [2.05, 4.69) is 64.2 Å². The molecule has 26 heavy (non-hydrogen) atoms. The monoisotopic (exact) mass is 349 g/mol. The van der Waals surface area contributed by atoms with Gasteiger partial charge in [-0.25, -0.2) is 0 Å². The summed E-state index contributed by atoms with van der Waals surface area (Å²) in [5.74, 6) is 0.691. The molecule has 1 aromatic heterocycles. The minimum atomic E-state index is 0.503. The summed E-state index contributed by atoms with van der Waals surface area (Å²) in [7, 11) is 0. The number of likely N-dealkylation sites (N-methyl/N-ethyl adjacent to an activating group) is 1. The average molecular weight is 350 g/mol. The Morgan fingerprint density at radius 1 is 1.00 bits per heavy atom. The first-order chi connectivity index (χ1) is 12.8. The molecule has 2 saturated heterocycles. The van der Waals surface area contributed by atoms with Crippen LogP contribution in [0, 0.1) is 5.41 Å². The number of likely N-dealkylation sites (tertiary alicyclic amines) is 2. The zero-order valence-electron chi connectivity index (χ0n) is 16.0. The summed E-state index contributed by atoms with van der Waals surface area (Å²) >= 11 is 0. The van der Waals surface area contributed by atoms with Gasteiger partial charge < -0.3 is 4.90 Å². The number of pyridine rings is 1. The van der Waals surface area contributed by atoms with Gasteiger partial charge in [0, 0.05) is 32.0 Å². The first kappa shape index (κ1) is 17.7. The van der Waals surface area contributed by atoms with Gasteiger partial charge in [0.1, 0.15) is 0 Å². The number of hydrogen-bond donors (Lipinski definition) is 0. The van der Waals surface area contributed by atoms with Crippen LogP contribution >= 0.6 is 0 Å². The molecule has 1 unspecified atom stereocenters. The lowest BCUT2D eigenvalue weighted by atomic mass is 9.68. The van der Waals surface area contributed by atoms with E-state index in [1.165, 1.54) is 63.1 Å². The van der Waals surface area contributed by atoms with Crippen LogP contribution in [-0.2, 0) is 6.54 Å². The molecular weight excluding hydrogens is 318 g/mol. The summed E-state index contributed by atoms with van der Waals surface area (Å²) in [6.07, 6.45) is 7.84. The Kier molecular flexibility index (Phi) is 5.37. The van der Waals surface area contributed by atoms with Gasteiger partial charge in [-0.05, 0) is 73.5 Å². The summed E-state index contributed by atoms with van der Waals surface area (Å²) in [6, 6.07) is 15.5. The van der Waals surface area contributed by atoms with E-state index in [0.29, 0.717) is 11.3 Å². The van der Waals surface area contributed by atoms with E-state index < -0.39 is 0 Å². The highest BCUT2D eigenvalue weighted by Crippen LogP contribution is 2.45. The van der Waals surface area contributed by atoms with E-state index in [-0.39, 0.29) is 0 Å². The van der Waals surface area contributed by atoms with Gasteiger partial charge in [0.15, 0.2) is 0 Å². The summed E-state index contributed by atoms with van der Waals surface area (Å²) in [4.78, 5) is 9.46. The van der Waals surface area contributed by atoms with E-state index in [1.54, 1.807) is 0 Å². The smallest absolute Gasteiger partial charge is 0.0271 e. The van der Waals surface area contributed by atoms with Gasteiger partial charge in [0.2, 0.25) is 0 Å². The molecule has 1 atom stereocenters. The number of nitrogens with zero attached hydrogens (tertiary/aromatic N) is 3. The van der Waals surface area contributed by atoms with Crippen molar-refractivity contribution >= 4 is 0 Å². The number of benzene rings is 1. The molecule has 1 spiro atoms. The van der Waals surface area contributed by atoms with Gasteiger partial charge in [0.05, 0.1) is 0 Å². The molecule has 3 heteroatoms. The zero-order chi connectivity index (χ0) is 17.8. The van der Waals surface area contributed by atoms with Crippen LogP contribution in [0.25, 0.3) is 0 Å². The molecule has 2 aromatic rings. The SMILES string of the molecule is CCN1CC(c2ccccc2)CC2(CCN(Cc3ccncc3)CC2)C1. The molecule has 0 radical (unpaired) electrons. The van der Waals surface area contributed by atoms with Crippen LogP contribution in [0.3, 0.4) is 0 Å². The fraction of sp³-hybridized carbons (Fsp3) is 0.522. The molecule has 0 bridgehead atoms. The number of rotatable bonds is 4. The molecule has 4 rings (SSSR count). The quantitative estimate of drug-likeness (QED) is 0.826. The normalized spacial score (nSPS) is 24.0. The molecule has 0 N–H and O–H groups in total. The Morgan fingerprint density at radius 2 is 1.73 bits per heavy atom. The molecule has 138 valence electrons. The highest BCUT2D eigenvalue weighted by atomic mass is 15.2. The highest BCUT2D eigenvalue weighted by molar-refractivity contribution is 5.21.